The van der Waals surface area contributed by atoms with Gasteiger partial charge in [0.2, 0.25) is 11.1 Å². The van der Waals surface area contributed by atoms with E-state index in [-0.39, 0.29) is 12.3 Å². The van der Waals surface area contributed by atoms with Gasteiger partial charge in [0.05, 0.1) is 25.4 Å². The van der Waals surface area contributed by atoms with Crippen LogP contribution < -0.4 is 10.1 Å². The van der Waals surface area contributed by atoms with Crippen LogP contribution in [0.2, 0.25) is 0 Å². The van der Waals surface area contributed by atoms with Crippen LogP contribution in [0.15, 0.2) is 62.8 Å². The Morgan fingerprint density at radius 2 is 2.00 bits per heavy atom. The van der Waals surface area contributed by atoms with Crippen molar-refractivity contribution in [2.24, 2.45) is 7.05 Å². The van der Waals surface area contributed by atoms with Crippen molar-refractivity contribution < 1.29 is 9.53 Å². The zero-order valence-corrected chi connectivity index (χ0v) is 19.9. The molecule has 0 unspecified atom stereocenters. The van der Waals surface area contributed by atoms with E-state index in [4.69, 9.17) is 9.72 Å². The van der Waals surface area contributed by atoms with Gasteiger partial charge in [-0.3, -0.25) is 14.6 Å². The number of ether oxygens (including phenoxy) is 1. The summed E-state index contributed by atoms with van der Waals surface area (Å²) in [6, 6.07) is 9.36. The van der Waals surface area contributed by atoms with Crippen LogP contribution in [0.3, 0.4) is 0 Å². The first kappa shape index (κ1) is 22.8. The average molecular weight is 483 g/mol. The molecule has 4 rings (SSSR count). The second-order valence-electron chi connectivity index (χ2n) is 6.86. The molecule has 10 nitrogen and oxygen atoms in total. The van der Waals surface area contributed by atoms with E-state index in [2.05, 4.69) is 30.6 Å². The van der Waals surface area contributed by atoms with E-state index in [1.165, 1.54) is 23.5 Å². The van der Waals surface area contributed by atoms with Crippen LogP contribution >= 0.6 is 23.5 Å². The van der Waals surface area contributed by atoms with E-state index >= 15 is 0 Å². The predicted molar refractivity (Wildman–Crippen MR) is 125 cm³/mol. The Bertz CT molecular complexity index is 1240. The van der Waals surface area contributed by atoms with Crippen molar-refractivity contribution in [3.63, 3.8) is 0 Å². The van der Waals surface area contributed by atoms with Gasteiger partial charge in [-0.1, -0.05) is 18.7 Å². The van der Waals surface area contributed by atoms with Gasteiger partial charge in [-0.05, 0) is 36.0 Å². The molecule has 3 aromatic heterocycles. The molecule has 1 aromatic carbocycles. The van der Waals surface area contributed by atoms with Gasteiger partial charge in [0, 0.05) is 30.6 Å². The van der Waals surface area contributed by atoms with Crippen LogP contribution in [0.1, 0.15) is 18.4 Å². The second kappa shape index (κ2) is 10.5. The summed E-state index contributed by atoms with van der Waals surface area (Å²) < 4.78 is 6.85. The number of carbonyl (C=O) groups is 1. The summed E-state index contributed by atoms with van der Waals surface area (Å²) in [7, 11) is 3.42. The number of benzene rings is 1. The fraction of sp³-hybridized carbons (Fsp3) is 0.238. The van der Waals surface area contributed by atoms with Gasteiger partial charge >= 0.3 is 0 Å². The minimum absolute atomic E-state index is 0.0463. The number of carbonyl (C=O) groups excluding carboxylic acids is 1. The number of aromatic nitrogens is 7. The number of rotatable bonds is 9. The van der Waals surface area contributed by atoms with E-state index < -0.39 is 0 Å². The van der Waals surface area contributed by atoms with Gasteiger partial charge in [-0.2, -0.15) is 5.10 Å². The summed E-state index contributed by atoms with van der Waals surface area (Å²) in [5, 5.41) is 15.9. The van der Waals surface area contributed by atoms with Crippen LogP contribution in [-0.4, -0.2) is 47.9 Å². The number of methoxy groups -OCH3 is 1. The number of H-pyrrole nitrogens is 1. The highest BCUT2D eigenvalue weighted by molar-refractivity contribution is 7.99. The van der Waals surface area contributed by atoms with Crippen molar-refractivity contribution in [2.45, 2.75) is 39.9 Å². The molecule has 0 aliphatic heterocycles. The molecular formula is C21H22N8O2S2. The van der Waals surface area contributed by atoms with Gasteiger partial charge < -0.3 is 10.1 Å². The zero-order valence-electron chi connectivity index (χ0n) is 18.3. The van der Waals surface area contributed by atoms with Crippen LogP contribution in [-0.2, 0) is 24.7 Å². The molecule has 1 amide bonds. The van der Waals surface area contributed by atoms with Crippen LogP contribution in [0, 0.1) is 0 Å². The molecule has 0 bridgehead atoms. The lowest BCUT2D eigenvalue weighted by Crippen LogP contribution is -2.17. The summed E-state index contributed by atoms with van der Waals surface area (Å²) in [4.78, 5) is 27.3. The Labute approximate surface area is 199 Å². The first-order chi connectivity index (χ1) is 16.0. The molecule has 3 heterocycles. The van der Waals surface area contributed by atoms with Gasteiger partial charge in [0.15, 0.2) is 5.82 Å². The van der Waals surface area contributed by atoms with Crippen molar-refractivity contribution in [3.8, 4) is 5.75 Å². The minimum atomic E-state index is -0.229. The number of aryl methyl sites for hydroxylation is 2. The fourth-order valence-corrected chi connectivity index (χ4v) is 4.33. The van der Waals surface area contributed by atoms with E-state index in [1.807, 2.05) is 31.2 Å². The maximum atomic E-state index is 12.7. The third-order valence-corrected chi connectivity index (χ3v) is 6.22. The lowest BCUT2D eigenvalue weighted by atomic mass is 10.3. The summed E-state index contributed by atoms with van der Waals surface area (Å²) in [5.41, 5.74) is 0.556. The topological polar surface area (TPSA) is 124 Å². The normalized spacial score (nSPS) is 10.9. The molecule has 0 fully saturated rings. The van der Waals surface area contributed by atoms with E-state index in [0.717, 1.165) is 22.9 Å². The summed E-state index contributed by atoms with van der Waals surface area (Å²) in [6.07, 6.45) is 4.23. The molecule has 0 spiro atoms. The summed E-state index contributed by atoms with van der Waals surface area (Å²) in [6.45, 7) is 2.00. The molecule has 0 aliphatic carbocycles. The number of nitrogens with one attached hydrogen (secondary N) is 2. The largest absolute Gasteiger partial charge is 0.497 e. The van der Waals surface area contributed by atoms with E-state index in [9.17, 15) is 4.79 Å². The second-order valence-corrected chi connectivity index (χ2v) is 8.91. The molecule has 0 saturated carbocycles. The van der Waals surface area contributed by atoms with Gasteiger partial charge in [0.25, 0.3) is 0 Å². The van der Waals surface area contributed by atoms with E-state index in [1.54, 1.807) is 37.3 Å². The van der Waals surface area contributed by atoms with Crippen molar-refractivity contribution in [1.29, 1.82) is 0 Å². The van der Waals surface area contributed by atoms with Crippen LogP contribution in [0.25, 0.3) is 0 Å². The van der Waals surface area contributed by atoms with E-state index in [0.29, 0.717) is 26.7 Å². The number of nitrogens with zero attached hydrogens (tertiary/aromatic N) is 6. The maximum Gasteiger partial charge on any atom is 0.231 e. The quantitative estimate of drug-likeness (QED) is 0.369. The lowest BCUT2D eigenvalue weighted by Gasteiger charge is -2.09. The number of hydrogen-bond acceptors (Lipinski definition) is 9. The first-order valence-electron chi connectivity index (χ1n) is 10.1. The fourth-order valence-electron chi connectivity index (χ4n) is 2.80. The monoisotopic (exact) mass is 482 g/mol. The Morgan fingerprint density at radius 1 is 1.18 bits per heavy atom. The van der Waals surface area contributed by atoms with Crippen LogP contribution in [0.4, 0.5) is 5.82 Å². The molecule has 170 valence electrons. The highest BCUT2D eigenvalue weighted by Gasteiger charge is 2.16. The lowest BCUT2D eigenvalue weighted by molar-refractivity contribution is -0.115. The molecule has 12 heteroatoms. The smallest absolute Gasteiger partial charge is 0.231 e. The molecule has 0 radical (unpaired) electrons. The third-order valence-electron chi connectivity index (χ3n) is 4.41. The Kier molecular flexibility index (Phi) is 7.25. The van der Waals surface area contributed by atoms with Crippen molar-refractivity contribution in [1.82, 2.24) is 34.9 Å². The van der Waals surface area contributed by atoms with Crippen molar-refractivity contribution in [2.75, 3.05) is 12.4 Å². The Hall–Kier alpha value is -3.38. The van der Waals surface area contributed by atoms with Gasteiger partial charge in [-0.15, -0.1) is 5.10 Å². The maximum absolute atomic E-state index is 12.7. The molecule has 0 atom stereocenters. The minimum Gasteiger partial charge on any atom is -0.497 e. The Morgan fingerprint density at radius 3 is 2.67 bits per heavy atom. The number of hydrogen-bond donors (Lipinski definition) is 2. The molecule has 0 aliphatic rings. The SMILES string of the molecule is CCc1nc(Sc2cnc(Sc3ccc(OC)cc3)c(CC(=O)Nc3ccn(C)n3)n2)n[nH]1. The standard InChI is InChI=1S/C21H22N8O2S2/c1-4-16-25-21(27-26-16)33-19-12-22-20(32-14-7-5-13(31-3)6-8-14)15(23-19)11-18(30)24-17-9-10-29(2)28-17/h5-10,12H,4,11H2,1-3H3,(H,24,28,30)(H,25,26,27). The van der Waals surface area contributed by atoms with Gasteiger partial charge in [-0.25, -0.2) is 15.0 Å². The average Bonchev–Trinajstić information content (AvgIpc) is 3.44. The summed E-state index contributed by atoms with van der Waals surface area (Å²) >= 11 is 2.73. The first-order valence-corrected chi connectivity index (χ1v) is 11.7. The summed E-state index contributed by atoms with van der Waals surface area (Å²) in [5.74, 6) is 1.82. The predicted octanol–water partition coefficient (Wildman–Crippen LogP) is 3.38. The number of amides is 1. The van der Waals surface area contributed by atoms with Crippen molar-refractivity contribution >= 4 is 35.2 Å². The van der Waals surface area contributed by atoms with Crippen molar-refractivity contribution in [3.05, 3.63) is 54.2 Å². The highest BCUT2D eigenvalue weighted by atomic mass is 32.2. The zero-order chi connectivity index (χ0) is 23.2. The molecule has 2 N–H and O–H groups in total. The number of aromatic amines is 1. The highest BCUT2D eigenvalue weighted by Crippen LogP contribution is 2.32. The third kappa shape index (κ3) is 6.11. The molecule has 33 heavy (non-hydrogen) atoms. The molecular weight excluding hydrogens is 460 g/mol. The Balaban J connectivity index is 1.56. The molecule has 4 aromatic rings. The van der Waals surface area contributed by atoms with Gasteiger partial charge in [0.1, 0.15) is 21.6 Å². The molecule has 0 saturated heterocycles. The number of anilines is 1. The van der Waals surface area contributed by atoms with Crippen LogP contribution in [0.5, 0.6) is 5.75 Å².